The molecule has 0 aromatic rings. The van der Waals surface area contributed by atoms with E-state index in [-0.39, 0.29) is 32.3 Å². The van der Waals surface area contributed by atoms with E-state index in [0.717, 1.165) is 51.4 Å². The van der Waals surface area contributed by atoms with E-state index in [0.29, 0.717) is 13.0 Å². The highest BCUT2D eigenvalue weighted by Gasteiger charge is 2.25. The molecule has 2 atom stereocenters. The van der Waals surface area contributed by atoms with Crippen molar-refractivity contribution in [1.29, 1.82) is 0 Å². The van der Waals surface area contributed by atoms with Crippen LogP contribution in [0.3, 0.4) is 0 Å². The van der Waals surface area contributed by atoms with Gasteiger partial charge < -0.3 is 20.1 Å². The molecule has 0 fully saturated rings. The number of nitrogens with two attached hydrogens (primary N) is 1. The lowest BCUT2D eigenvalue weighted by atomic mass is 10.1. The Kier molecular flexibility index (Phi) is 30.6. The summed E-state index contributed by atoms with van der Waals surface area (Å²) in [5, 5.41) is 0. The van der Waals surface area contributed by atoms with E-state index in [9.17, 15) is 14.3 Å². The third-order valence-corrected chi connectivity index (χ3v) is 7.81. The number of hydrogen-bond donors (Lipinski definition) is 2. The molecule has 248 valence electrons. The van der Waals surface area contributed by atoms with Crippen molar-refractivity contribution in [2.45, 2.75) is 148 Å². The highest BCUT2D eigenvalue weighted by Crippen LogP contribution is 2.43. The Labute approximate surface area is 257 Å². The molecule has 0 saturated carbocycles. The van der Waals surface area contributed by atoms with E-state index in [1.54, 1.807) is 0 Å². The van der Waals surface area contributed by atoms with E-state index in [4.69, 9.17) is 24.3 Å². The lowest BCUT2D eigenvalue weighted by Crippen LogP contribution is -2.28. The van der Waals surface area contributed by atoms with Crippen LogP contribution in [0.4, 0.5) is 0 Å². The van der Waals surface area contributed by atoms with Crippen molar-refractivity contribution in [2.24, 2.45) is 5.73 Å². The summed E-state index contributed by atoms with van der Waals surface area (Å²) in [5.41, 5.74) is 5.33. The van der Waals surface area contributed by atoms with Crippen LogP contribution in [-0.4, -0.2) is 49.9 Å². The second-order valence-corrected chi connectivity index (χ2v) is 12.5. The van der Waals surface area contributed by atoms with Crippen molar-refractivity contribution < 1.29 is 32.8 Å². The summed E-state index contributed by atoms with van der Waals surface area (Å²) >= 11 is 0. The van der Waals surface area contributed by atoms with Gasteiger partial charge in [0.1, 0.15) is 6.10 Å². The zero-order valence-corrected chi connectivity index (χ0v) is 27.9. The summed E-state index contributed by atoms with van der Waals surface area (Å²) in [6, 6.07) is 0. The fourth-order valence-electron chi connectivity index (χ4n) is 4.34. The molecule has 3 N–H and O–H groups in total. The molecule has 0 aromatic heterocycles. The Morgan fingerprint density at radius 2 is 1.24 bits per heavy atom. The van der Waals surface area contributed by atoms with Gasteiger partial charge in [-0.25, -0.2) is 4.57 Å². The van der Waals surface area contributed by atoms with E-state index in [1.165, 1.54) is 70.6 Å². The Bertz CT molecular complexity index is 702. The summed E-state index contributed by atoms with van der Waals surface area (Å²) in [5.74, 6) is -0.346. The van der Waals surface area contributed by atoms with E-state index < -0.39 is 13.9 Å². The van der Waals surface area contributed by atoms with Crippen molar-refractivity contribution in [3.63, 3.8) is 0 Å². The molecule has 0 aliphatic heterocycles. The van der Waals surface area contributed by atoms with Gasteiger partial charge in [-0.1, -0.05) is 102 Å². The molecule has 0 heterocycles. The average molecular weight is 618 g/mol. The standard InChI is InChI=1S/C33H64NO7P/c1-3-5-7-9-11-13-15-16-17-19-21-23-25-28-38-30-32(31-40-42(36,37)39-29-27-34)41-33(35)26-24-22-20-18-14-12-10-8-6-4-2/h8,10-11,13,32H,3-7,9,12,14-31,34H2,1-2H3,(H,36,37)/b10-8-,13-11-. The van der Waals surface area contributed by atoms with Crippen LogP contribution in [0.5, 0.6) is 0 Å². The highest BCUT2D eigenvalue weighted by molar-refractivity contribution is 7.47. The fraction of sp³-hybridized carbons (Fsp3) is 0.848. The van der Waals surface area contributed by atoms with Crippen LogP contribution in [0.1, 0.15) is 142 Å². The number of unbranched alkanes of at least 4 members (excludes halogenated alkanes) is 15. The van der Waals surface area contributed by atoms with Crippen LogP contribution in [0.15, 0.2) is 24.3 Å². The highest BCUT2D eigenvalue weighted by atomic mass is 31.2. The second kappa shape index (κ2) is 31.4. The average Bonchev–Trinajstić information content (AvgIpc) is 2.97. The van der Waals surface area contributed by atoms with E-state index in [2.05, 4.69) is 38.2 Å². The number of phosphoric ester groups is 1. The predicted molar refractivity (Wildman–Crippen MR) is 173 cm³/mol. The number of rotatable bonds is 32. The maximum Gasteiger partial charge on any atom is 0.472 e. The SMILES string of the molecule is CCC/C=C\CCCCCCCC(=O)OC(COCCCCCCCC/C=C\CCCCC)COP(=O)(O)OCCN. The minimum absolute atomic E-state index is 0.0977. The topological polar surface area (TPSA) is 117 Å². The van der Waals surface area contributed by atoms with Crippen molar-refractivity contribution in [1.82, 2.24) is 0 Å². The molecule has 0 bridgehead atoms. The van der Waals surface area contributed by atoms with Gasteiger partial charge in [-0.3, -0.25) is 13.8 Å². The molecule has 0 amide bonds. The van der Waals surface area contributed by atoms with Crippen LogP contribution in [0, 0.1) is 0 Å². The van der Waals surface area contributed by atoms with Crippen molar-refractivity contribution in [2.75, 3.05) is 33.0 Å². The number of esters is 1. The number of hydrogen-bond acceptors (Lipinski definition) is 7. The van der Waals surface area contributed by atoms with Crippen molar-refractivity contribution in [3.05, 3.63) is 24.3 Å². The first-order valence-corrected chi connectivity index (χ1v) is 18.3. The molecule has 0 aromatic carbocycles. The molecule has 0 saturated heterocycles. The second-order valence-electron chi connectivity index (χ2n) is 11.0. The number of carbonyl (C=O) groups excluding carboxylic acids is 1. The van der Waals surface area contributed by atoms with Gasteiger partial charge in [0.25, 0.3) is 0 Å². The molecule has 42 heavy (non-hydrogen) atoms. The summed E-state index contributed by atoms with van der Waals surface area (Å²) < 4.78 is 33.1. The van der Waals surface area contributed by atoms with Crippen LogP contribution in [-0.2, 0) is 27.9 Å². The third kappa shape index (κ3) is 30.4. The smallest absolute Gasteiger partial charge is 0.457 e. The van der Waals surface area contributed by atoms with Gasteiger partial charge in [-0.05, 0) is 57.8 Å². The Morgan fingerprint density at radius 3 is 1.83 bits per heavy atom. The largest absolute Gasteiger partial charge is 0.472 e. The summed E-state index contributed by atoms with van der Waals surface area (Å²) in [7, 11) is -4.26. The summed E-state index contributed by atoms with van der Waals surface area (Å²) in [6.07, 6.45) is 30.5. The zero-order chi connectivity index (χ0) is 31.0. The number of ether oxygens (including phenoxy) is 2. The number of phosphoric acid groups is 1. The van der Waals surface area contributed by atoms with Gasteiger partial charge in [0.05, 0.1) is 19.8 Å². The maximum atomic E-state index is 12.4. The lowest BCUT2D eigenvalue weighted by molar-refractivity contribution is -0.154. The first-order valence-electron chi connectivity index (χ1n) is 16.8. The maximum absolute atomic E-state index is 12.4. The van der Waals surface area contributed by atoms with Crippen LogP contribution in [0.25, 0.3) is 0 Å². The third-order valence-electron chi connectivity index (χ3n) is 6.82. The van der Waals surface area contributed by atoms with Gasteiger partial charge in [0.15, 0.2) is 0 Å². The quantitative estimate of drug-likeness (QED) is 0.0332. The summed E-state index contributed by atoms with van der Waals surface area (Å²) in [6.45, 7) is 4.79. The van der Waals surface area contributed by atoms with E-state index >= 15 is 0 Å². The molecule has 9 heteroatoms. The fourth-order valence-corrected chi connectivity index (χ4v) is 5.11. The number of carbonyl (C=O) groups is 1. The molecular formula is C33H64NO7P. The van der Waals surface area contributed by atoms with Gasteiger partial charge >= 0.3 is 13.8 Å². The molecule has 2 unspecified atom stereocenters. The Balaban J connectivity index is 4.15. The molecular weight excluding hydrogens is 553 g/mol. The summed E-state index contributed by atoms with van der Waals surface area (Å²) in [4.78, 5) is 22.2. The van der Waals surface area contributed by atoms with Crippen molar-refractivity contribution in [3.8, 4) is 0 Å². The minimum atomic E-state index is -4.26. The predicted octanol–water partition coefficient (Wildman–Crippen LogP) is 8.96. The van der Waals surface area contributed by atoms with E-state index in [1.807, 2.05) is 0 Å². The molecule has 0 spiro atoms. The molecule has 8 nitrogen and oxygen atoms in total. The molecule has 0 radical (unpaired) electrons. The zero-order valence-electron chi connectivity index (χ0n) is 27.0. The van der Waals surface area contributed by atoms with Gasteiger partial charge in [-0.2, -0.15) is 0 Å². The lowest BCUT2D eigenvalue weighted by Gasteiger charge is -2.20. The van der Waals surface area contributed by atoms with Gasteiger partial charge in [-0.15, -0.1) is 0 Å². The minimum Gasteiger partial charge on any atom is -0.457 e. The monoisotopic (exact) mass is 617 g/mol. The molecule has 0 aliphatic rings. The first-order chi connectivity index (χ1) is 20.4. The van der Waals surface area contributed by atoms with Crippen molar-refractivity contribution >= 4 is 13.8 Å². The van der Waals surface area contributed by atoms with Crippen LogP contribution < -0.4 is 5.73 Å². The molecule has 0 rings (SSSR count). The Hall–Kier alpha value is -1.02. The Morgan fingerprint density at radius 1 is 0.690 bits per heavy atom. The normalized spacial score (nSPS) is 14.1. The number of allylic oxidation sites excluding steroid dienone is 4. The van der Waals surface area contributed by atoms with Gasteiger partial charge in [0.2, 0.25) is 0 Å². The first kappa shape index (κ1) is 41.0. The van der Waals surface area contributed by atoms with Gasteiger partial charge in [0, 0.05) is 19.6 Å². The van der Waals surface area contributed by atoms with Crippen LogP contribution >= 0.6 is 7.82 Å². The van der Waals surface area contributed by atoms with Crippen LogP contribution in [0.2, 0.25) is 0 Å². The molecule has 0 aliphatic carbocycles.